The minimum Gasteiger partial charge on any atom is -0.462 e. The van der Waals surface area contributed by atoms with Gasteiger partial charge in [-0.3, -0.25) is 9.59 Å². The standard InChI is InChI=1S/C16H28O3/c1-3-5-7-9-13(8-6-4-2)16(18)19-15-11-10-14(17)12-15/h13,15H,3-12H2,1-2H3. The molecule has 0 heterocycles. The third kappa shape index (κ3) is 6.22. The third-order valence-corrected chi connectivity index (χ3v) is 3.88. The van der Waals surface area contributed by atoms with Crippen LogP contribution >= 0.6 is 0 Å². The first-order valence-electron chi connectivity index (χ1n) is 7.89. The van der Waals surface area contributed by atoms with E-state index in [4.69, 9.17) is 4.74 Å². The van der Waals surface area contributed by atoms with Crippen molar-refractivity contribution in [2.75, 3.05) is 0 Å². The van der Waals surface area contributed by atoms with Crippen molar-refractivity contribution < 1.29 is 14.3 Å². The molecule has 1 rings (SSSR count). The van der Waals surface area contributed by atoms with Gasteiger partial charge in [-0.05, 0) is 19.3 Å². The molecule has 0 spiro atoms. The van der Waals surface area contributed by atoms with Crippen LogP contribution in [-0.2, 0) is 14.3 Å². The first kappa shape index (κ1) is 16.2. The number of hydrogen-bond donors (Lipinski definition) is 0. The Morgan fingerprint density at radius 2 is 1.89 bits per heavy atom. The number of ether oxygens (including phenoxy) is 1. The quantitative estimate of drug-likeness (QED) is 0.468. The molecular formula is C16H28O3. The summed E-state index contributed by atoms with van der Waals surface area (Å²) in [6, 6.07) is 0. The van der Waals surface area contributed by atoms with Crippen LogP contribution in [0, 0.1) is 5.92 Å². The molecule has 0 aliphatic heterocycles. The summed E-state index contributed by atoms with van der Waals surface area (Å²) in [4.78, 5) is 23.4. The van der Waals surface area contributed by atoms with Gasteiger partial charge in [0.25, 0.3) is 0 Å². The number of carbonyl (C=O) groups excluding carboxylic acids is 2. The summed E-state index contributed by atoms with van der Waals surface area (Å²) in [6.07, 6.45) is 9.10. The molecule has 0 N–H and O–H groups in total. The van der Waals surface area contributed by atoms with Gasteiger partial charge in [0.15, 0.2) is 0 Å². The summed E-state index contributed by atoms with van der Waals surface area (Å²) >= 11 is 0. The van der Waals surface area contributed by atoms with Crippen molar-refractivity contribution in [1.29, 1.82) is 0 Å². The largest absolute Gasteiger partial charge is 0.462 e. The molecule has 0 bridgehead atoms. The summed E-state index contributed by atoms with van der Waals surface area (Å²) in [7, 11) is 0. The van der Waals surface area contributed by atoms with E-state index in [0.717, 1.165) is 38.5 Å². The molecule has 0 aromatic carbocycles. The lowest BCUT2D eigenvalue weighted by atomic mass is 9.95. The monoisotopic (exact) mass is 268 g/mol. The van der Waals surface area contributed by atoms with E-state index < -0.39 is 0 Å². The van der Waals surface area contributed by atoms with Crippen molar-refractivity contribution in [1.82, 2.24) is 0 Å². The van der Waals surface area contributed by atoms with E-state index in [2.05, 4.69) is 13.8 Å². The van der Waals surface area contributed by atoms with E-state index in [0.29, 0.717) is 12.8 Å². The van der Waals surface area contributed by atoms with Crippen LogP contribution < -0.4 is 0 Å². The Balaban J connectivity index is 2.38. The summed E-state index contributed by atoms with van der Waals surface area (Å²) in [6.45, 7) is 4.31. The third-order valence-electron chi connectivity index (χ3n) is 3.88. The number of hydrogen-bond acceptors (Lipinski definition) is 3. The second kappa shape index (κ2) is 9.11. The normalized spacial score (nSPS) is 20.5. The Morgan fingerprint density at radius 1 is 1.21 bits per heavy atom. The molecule has 19 heavy (non-hydrogen) atoms. The highest BCUT2D eigenvalue weighted by molar-refractivity contribution is 5.82. The van der Waals surface area contributed by atoms with Gasteiger partial charge in [-0.15, -0.1) is 0 Å². The maximum absolute atomic E-state index is 12.2. The molecule has 0 aromatic rings. The molecule has 0 radical (unpaired) electrons. The Morgan fingerprint density at radius 3 is 2.47 bits per heavy atom. The molecular weight excluding hydrogens is 240 g/mol. The van der Waals surface area contributed by atoms with Crippen LogP contribution in [0.25, 0.3) is 0 Å². The molecule has 2 atom stereocenters. The number of rotatable bonds is 9. The molecule has 1 saturated carbocycles. The lowest BCUT2D eigenvalue weighted by Gasteiger charge is -2.18. The van der Waals surface area contributed by atoms with Gasteiger partial charge in [-0.1, -0.05) is 46.0 Å². The molecule has 2 unspecified atom stereocenters. The second-order valence-electron chi connectivity index (χ2n) is 5.68. The molecule has 3 heteroatoms. The van der Waals surface area contributed by atoms with E-state index in [-0.39, 0.29) is 23.8 Å². The average Bonchev–Trinajstić information content (AvgIpc) is 2.79. The Labute approximate surface area is 117 Å². The molecule has 0 saturated heterocycles. The molecule has 1 fully saturated rings. The van der Waals surface area contributed by atoms with Crippen molar-refractivity contribution in [2.24, 2.45) is 5.92 Å². The van der Waals surface area contributed by atoms with E-state index in [1.165, 1.54) is 12.8 Å². The van der Waals surface area contributed by atoms with Crippen LogP contribution in [0.3, 0.4) is 0 Å². The van der Waals surface area contributed by atoms with Gasteiger partial charge >= 0.3 is 5.97 Å². The Bertz CT molecular complexity index is 286. The van der Waals surface area contributed by atoms with Gasteiger partial charge in [-0.25, -0.2) is 0 Å². The fourth-order valence-corrected chi connectivity index (χ4v) is 2.61. The van der Waals surface area contributed by atoms with E-state index >= 15 is 0 Å². The second-order valence-corrected chi connectivity index (χ2v) is 5.68. The topological polar surface area (TPSA) is 43.4 Å². The highest BCUT2D eigenvalue weighted by atomic mass is 16.5. The van der Waals surface area contributed by atoms with Gasteiger partial charge in [0.05, 0.1) is 5.92 Å². The zero-order chi connectivity index (χ0) is 14.1. The molecule has 0 amide bonds. The van der Waals surface area contributed by atoms with Crippen molar-refractivity contribution >= 4 is 11.8 Å². The summed E-state index contributed by atoms with van der Waals surface area (Å²) < 4.78 is 5.51. The smallest absolute Gasteiger partial charge is 0.309 e. The zero-order valence-electron chi connectivity index (χ0n) is 12.5. The van der Waals surface area contributed by atoms with Gasteiger partial charge in [0.1, 0.15) is 11.9 Å². The average molecular weight is 268 g/mol. The van der Waals surface area contributed by atoms with E-state index in [1.807, 2.05) is 0 Å². The summed E-state index contributed by atoms with van der Waals surface area (Å²) in [5.41, 5.74) is 0. The van der Waals surface area contributed by atoms with Crippen molar-refractivity contribution in [3.63, 3.8) is 0 Å². The summed E-state index contributed by atoms with van der Waals surface area (Å²) in [5, 5.41) is 0. The van der Waals surface area contributed by atoms with Gasteiger partial charge < -0.3 is 4.74 Å². The predicted molar refractivity (Wildman–Crippen MR) is 75.9 cm³/mol. The number of esters is 1. The molecule has 0 aromatic heterocycles. The maximum atomic E-state index is 12.2. The molecule has 1 aliphatic carbocycles. The van der Waals surface area contributed by atoms with Crippen LogP contribution in [0.15, 0.2) is 0 Å². The van der Waals surface area contributed by atoms with E-state index in [9.17, 15) is 9.59 Å². The first-order chi connectivity index (χ1) is 9.17. The fourth-order valence-electron chi connectivity index (χ4n) is 2.61. The predicted octanol–water partition coefficient (Wildman–Crippen LogP) is 4.04. The van der Waals surface area contributed by atoms with Crippen molar-refractivity contribution in [3.8, 4) is 0 Å². The van der Waals surface area contributed by atoms with Crippen molar-refractivity contribution in [2.45, 2.75) is 84.2 Å². The van der Waals surface area contributed by atoms with Crippen LogP contribution in [0.2, 0.25) is 0 Å². The molecule has 1 aliphatic rings. The lowest BCUT2D eigenvalue weighted by molar-refractivity contribution is -0.154. The lowest BCUT2D eigenvalue weighted by Crippen LogP contribution is -2.23. The van der Waals surface area contributed by atoms with Crippen LogP contribution in [0.1, 0.15) is 78.1 Å². The SMILES string of the molecule is CCCCCC(CCCC)C(=O)OC1CCC(=O)C1. The van der Waals surface area contributed by atoms with Crippen LogP contribution in [0.4, 0.5) is 0 Å². The zero-order valence-corrected chi connectivity index (χ0v) is 12.5. The number of ketones is 1. The first-order valence-corrected chi connectivity index (χ1v) is 7.89. The maximum Gasteiger partial charge on any atom is 0.309 e. The molecule has 110 valence electrons. The fraction of sp³-hybridized carbons (Fsp3) is 0.875. The van der Waals surface area contributed by atoms with Crippen molar-refractivity contribution in [3.05, 3.63) is 0 Å². The Hall–Kier alpha value is -0.860. The highest BCUT2D eigenvalue weighted by Gasteiger charge is 2.28. The van der Waals surface area contributed by atoms with E-state index in [1.54, 1.807) is 0 Å². The number of carbonyl (C=O) groups is 2. The summed E-state index contributed by atoms with van der Waals surface area (Å²) in [5.74, 6) is 0.209. The van der Waals surface area contributed by atoms with Gasteiger partial charge in [-0.2, -0.15) is 0 Å². The molecule has 3 nitrogen and oxygen atoms in total. The number of unbranched alkanes of at least 4 members (excludes halogenated alkanes) is 3. The minimum atomic E-state index is -0.143. The highest BCUT2D eigenvalue weighted by Crippen LogP contribution is 2.23. The number of Topliss-reactive ketones (excluding diaryl/α,β-unsaturated/α-hetero) is 1. The minimum absolute atomic E-state index is 0.0437. The van der Waals surface area contributed by atoms with Gasteiger partial charge in [0, 0.05) is 12.8 Å². The van der Waals surface area contributed by atoms with Crippen LogP contribution in [0.5, 0.6) is 0 Å². The van der Waals surface area contributed by atoms with Gasteiger partial charge in [0.2, 0.25) is 0 Å². The van der Waals surface area contributed by atoms with Crippen LogP contribution in [-0.4, -0.2) is 17.9 Å². The Kier molecular flexibility index (Phi) is 7.76.